The maximum atomic E-state index is 11.6. The number of imidazole rings is 1. The molecular formula is C30H39N6O9PS. The van der Waals surface area contributed by atoms with Crippen molar-refractivity contribution in [2.75, 3.05) is 26.1 Å². The highest BCUT2D eigenvalue weighted by Crippen LogP contribution is 2.46. The van der Waals surface area contributed by atoms with Gasteiger partial charge in [-0.2, -0.15) is 9.97 Å². The minimum atomic E-state index is -3.86. The number of benzene rings is 2. The summed E-state index contributed by atoms with van der Waals surface area (Å²) in [5, 5.41) is 38.5. The average Bonchev–Trinajstić information content (AvgIpc) is 3.50. The van der Waals surface area contributed by atoms with E-state index in [1.54, 1.807) is 13.0 Å². The second-order valence-corrected chi connectivity index (χ2v) is 15.5. The molecule has 2 aromatic carbocycles. The number of aromatic nitrogens is 4. The van der Waals surface area contributed by atoms with Crippen molar-refractivity contribution in [2.45, 2.75) is 58.3 Å². The van der Waals surface area contributed by atoms with Crippen molar-refractivity contribution >= 4 is 46.3 Å². The molecule has 15 nitrogen and oxygen atoms in total. The molecule has 1 aliphatic rings. The zero-order valence-electron chi connectivity index (χ0n) is 26.7. The van der Waals surface area contributed by atoms with E-state index < -0.39 is 37.0 Å². The van der Waals surface area contributed by atoms with E-state index in [-0.39, 0.29) is 46.7 Å². The second-order valence-electron chi connectivity index (χ2n) is 12.5. The van der Waals surface area contributed by atoms with E-state index in [1.807, 2.05) is 57.2 Å². The first kappa shape index (κ1) is 34.7. The molecule has 4 aromatic rings. The fourth-order valence-corrected chi connectivity index (χ4v) is 6.50. The molecule has 0 aliphatic carbocycles. The van der Waals surface area contributed by atoms with Crippen LogP contribution in [0, 0.1) is 5.41 Å². The molecule has 7 N–H and O–H groups in total. The van der Waals surface area contributed by atoms with Gasteiger partial charge in [0.1, 0.15) is 24.3 Å². The zero-order chi connectivity index (χ0) is 34.4. The Labute approximate surface area is 276 Å². The number of rotatable bonds is 11. The number of nitrogens with two attached hydrogens (primary N) is 1. The molecule has 5 atom stereocenters. The molecule has 3 heterocycles. The maximum absolute atomic E-state index is 11.6. The van der Waals surface area contributed by atoms with Gasteiger partial charge in [-0.3, -0.25) is 4.57 Å². The highest BCUT2D eigenvalue weighted by atomic mass is 32.5. The summed E-state index contributed by atoms with van der Waals surface area (Å²) in [6.07, 6.45) is -1.97. The van der Waals surface area contributed by atoms with Crippen LogP contribution in [0.5, 0.6) is 11.6 Å². The van der Waals surface area contributed by atoms with Gasteiger partial charge < -0.3 is 54.5 Å². The first-order valence-electron chi connectivity index (χ1n) is 14.6. The fourth-order valence-electron chi connectivity index (χ4n) is 4.97. The van der Waals surface area contributed by atoms with Crippen LogP contribution in [0.2, 0.25) is 0 Å². The van der Waals surface area contributed by atoms with Gasteiger partial charge in [0, 0.05) is 5.39 Å². The lowest BCUT2D eigenvalue weighted by Crippen LogP contribution is -2.55. The number of hydrogen-bond acceptors (Lipinski definition) is 13. The molecule has 0 amide bonds. The van der Waals surface area contributed by atoms with Crippen LogP contribution in [-0.2, 0) is 31.7 Å². The van der Waals surface area contributed by atoms with Gasteiger partial charge in [0.25, 0.3) is 12.6 Å². The summed E-state index contributed by atoms with van der Waals surface area (Å²) in [6.45, 7) is 4.65. The molecule has 0 radical (unpaired) electrons. The van der Waals surface area contributed by atoms with Crippen molar-refractivity contribution < 1.29 is 43.7 Å². The predicted molar refractivity (Wildman–Crippen MR) is 176 cm³/mol. The molecule has 1 fully saturated rings. The third kappa shape index (κ3) is 7.00. The van der Waals surface area contributed by atoms with Gasteiger partial charge in [0.15, 0.2) is 16.8 Å². The van der Waals surface area contributed by atoms with Crippen LogP contribution in [0.25, 0.3) is 21.9 Å². The van der Waals surface area contributed by atoms with Crippen LogP contribution in [0.3, 0.4) is 0 Å². The molecule has 2 aromatic heterocycles. The van der Waals surface area contributed by atoms with Crippen molar-refractivity contribution in [3.63, 3.8) is 0 Å². The molecule has 0 spiro atoms. The third-order valence-electron chi connectivity index (χ3n) is 7.42. The Kier molecular flexibility index (Phi) is 9.44. The zero-order valence-corrected chi connectivity index (χ0v) is 28.5. The molecule has 1 aliphatic heterocycles. The lowest BCUT2D eigenvalue weighted by molar-refractivity contribution is -0.317. The van der Waals surface area contributed by atoms with E-state index in [1.165, 1.54) is 7.11 Å². The van der Waals surface area contributed by atoms with Crippen molar-refractivity contribution in [3.05, 3.63) is 60.4 Å². The third-order valence-corrected chi connectivity index (χ3v) is 9.13. The number of nitrogens with one attached hydrogen (secondary N) is 1. The smallest absolute Gasteiger partial charge is 0.304 e. The minimum absolute atomic E-state index is 0.0265. The van der Waals surface area contributed by atoms with E-state index in [0.717, 1.165) is 28.6 Å². The standard InChI is InChI=1S/C30H39N6O9PS/c1-17(26(42-15-28(2,3)4)44-20-13-9-11-18-10-7-8-12-19(18)20)35-46(40,47)43-14-21-23(37)29(5,38)30(39,45-21)36-16-32-22-24(36)33-27(31)34-25(22)41-6/h7-13,16,21,23,37-39H,14-15H2,1-6H3,(H2,31,33,34)(H2,35,40,47)/t21-,23-,29-,30+,46?/m1/s1. The number of nitrogen functional groups attached to an aromatic ring is 1. The number of ether oxygens (including phenoxy) is 4. The number of aliphatic hydroxyl groups excluding tert-OH is 1. The Morgan fingerprint density at radius 2 is 1.87 bits per heavy atom. The molecular weight excluding hydrogens is 651 g/mol. The molecule has 1 unspecified atom stereocenters. The molecule has 254 valence electrons. The van der Waals surface area contributed by atoms with Gasteiger partial charge in [-0.25, -0.2) is 4.98 Å². The largest absolute Gasteiger partial charge is 0.479 e. The molecule has 0 bridgehead atoms. The topological polar surface area (TPSA) is 209 Å². The Hall–Kier alpha value is -3.60. The highest BCUT2D eigenvalue weighted by Gasteiger charge is 2.64. The Morgan fingerprint density at radius 3 is 2.57 bits per heavy atom. The molecule has 17 heteroatoms. The van der Waals surface area contributed by atoms with Gasteiger partial charge in [0.2, 0.25) is 11.8 Å². The molecule has 1 saturated heterocycles. The van der Waals surface area contributed by atoms with Gasteiger partial charge in [-0.15, -0.1) is 0 Å². The number of fused-ring (bicyclic) bond motifs is 2. The summed E-state index contributed by atoms with van der Waals surface area (Å²) in [7, 11) is 1.35. The summed E-state index contributed by atoms with van der Waals surface area (Å²) < 4.78 is 29.9. The maximum Gasteiger partial charge on any atom is 0.304 e. The number of hydrogen-bond donors (Lipinski definition) is 6. The summed E-state index contributed by atoms with van der Waals surface area (Å²) in [6, 6.07) is 13.3. The van der Waals surface area contributed by atoms with Crippen molar-refractivity contribution in [3.8, 4) is 11.6 Å². The molecule has 47 heavy (non-hydrogen) atoms. The first-order chi connectivity index (χ1) is 22.0. The highest BCUT2D eigenvalue weighted by molar-refractivity contribution is 8.08. The second kappa shape index (κ2) is 12.8. The number of aliphatic hydroxyl groups is 3. The van der Waals surface area contributed by atoms with E-state index in [2.05, 4.69) is 20.0 Å². The number of methoxy groups -OCH3 is 1. The van der Waals surface area contributed by atoms with Crippen molar-refractivity contribution in [1.29, 1.82) is 0 Å². The Bertz CT molecular complexity index is 1860. The van der Waals surface area contributed by atoms with Crippen molar-refractivity contribution in [1.82, 2.24) is 24.6 Å². The van der Waals surface area contributed by atoms with Crippen LogP contribution >= 0.6 is 6.64 Å². The van der Waals surface area contributed by atoms with Gasteiger partial charge in [0.05, 0.1) is 26.0 Å². The monoisotopic (exact) mass is 690 g/mol. The van der Waals surface area contributed by atoms with Crippen LogP contribution in [0.4, 0.5) is 5.95 Å². The summed E-state index contributed by atoms with van der Waals surface area (Å²) in [4.78, 5) is 23.3. The van der Waals surface area contributed by atoms with E-state index >= 15 is 0 Å². The quantitative estimate of drug-likeness (QED) is 0.0988. The lowest BCUT2D eigenvalue weighted by atomic mass is 9.94. The minimum Gasteiger partial charge on any atom is -0.479 e. The molecule has 5 rings (SSSR count). The fraction of sp³-hybridized carbons (Fsp3) is 0.433. The van der Waals surface area contributed by atoms with Gasteiger partial charge in [-0.1, -0.05) is 57.2 Å². The summed E-state index contributed by atoms with van der Waals surface area (Å²) >= 11 is 5.38. The number of nitrogens with zero attached hydrogens (tertiary/aromatic N) is 4. The average molecular weight is 691 g/mol. The summed E-state index contributed by atoms with van der Waals surface area (Å²) in [5.74, 6) is -2.17. The van der Waals surface area contributed by atoms with Gasteiger partial charge in [-0.05, 0) is 42.5 Å². The van der Waals surface area contributed by atoms with E-state index in [4.69, 9.17) is 41.0 Å². The summed E-state index contributed by atoms with van der Waals surface area (Å²) in [5.41, 5.74) is 3.58. The van der Waals surface area contributed by atoms with Crippen LogP contribution in [0.15, 0.2) is 60.4 Å². The number of allylic oxidation sites excluding steroid dienone is 1. The van der Waals surface area contributed by atoms with E-state index in [0.29, 0.717) is 5.75 Å². The predicted octanol–water partition coefficient (Wildman–Crippen LogP) is 2.84. The Balaban J connectivity index is 1.36. The van der Waals surface area contributed by atoms with Crippen LogP contribution in [0.1, 0.15) is 34.6 Å². The van der Waals surface area contributed by atoms with Crippen LogP contribution < -0.4 is 20.3 Å². The lowest BCUT2D eigenvalue weighted by Gasteiger charge is -2.34. The van der Waals surface area contributed by atoms with Crippen LogP contribution in [-0.4, -0.2) is 77.9 Å². The molecule has 0 saturated carbocycles. The Morgan fingerprint density at radius 1 is 1.17 bits per heavy atom. The van der Waals surface area contributed by atoms with E-state index in [9.17, 15) is 20.2 Å². The number of anilines is 1. The normalized spacial score (nSPS) is 25.0. The SMILES string of the molecule is COc1nc(N)nc2c1ncn2[C@@]1(O)O[C@H](COP(O)(=S)NC(C)=C(OCC(C)(C)C)Oc2cccc3ccccc23)[C@@H](O)[C@@]1(C)O. The van der Waals surface area contributed by atoms with Gasteiger partial charge >= 0.3 is 5.95 Å². The first-order valence-corrected chi connectivity index (χ1v) is 17.2. The van der Waals surface area contributed by atoms with Crippen molar-refractivity contribution in [2.24, 2.45) is 5.41 Å².